The van der Waals surface area contributed by atoms with E-state index in [4.69, 9.17) is 14.6 Å². The summed E-state index contributed by atoms with van der Waals surface area (Å²) in [6, 6.07) is 5.82. The van der Waals surface area contributed by atoms with E-state index in [2.05, 4.69) is 0 Å². The minimum Gasteiger partial charge on any atom is -0.496 e. The monoisotopic (exact) mass is 339 g/mol. The van der Waals surface area contributed by atoms with Crippen LogP contribution < -0.4 is 4.74 Å². The Labute approximate surface area is 139 Å². The molecule has 1 N–H and O–H groups in total. The first-order valence-electron chi connectivity index (χ1n) is 7.30. The summed E-state index contributed by atoms with van der Waals surface area (Å²) in [4.78, 5) is 25.9. The van der Waals surface area contributed by atoms with E-state index in [9.17, 15) is 9.59 Å². The molecule has 1 aliphatic heterocycles. The SMILES string of the molecule is COc1cc(CN(C)C(=O)[C@@H]2CC[C@H](C(=O)O)O2)ccc1SC. The fraction of sp³-hybridized carbons (Fsp3) is 0.500. The van der Waals surface area contributed by atoms with Crippen molar-refractivity contribution in [2.24, 2.45) is 0 Å². The van der Waals surface area contributed by atoms with Crippen molar-refractivity contribution in [1.29, 1.82) is 0 Å². The predicted molar refractivity (Wildman–Crippen MR) is 86.8 cm³/mol. The maximum atomic E-state index is 12.4. The molecule has 23 heavy (non-hydrogen) atoms. The summed E-state index contributed by atoms with van der Waals surface area (Å²) in [5.41, 5.74) is 0.947. The van der Waals surface area contributed by atoms with Gasteiger partial charge < -0.3 is 19.5 Å². The Bertz CT molecular complexity index is 592. The lowest BCUT2D eigenvalue weighted by molar-refractivity contribution is -0.154. The number of carboxylic acid groups (broad SMARTS) is 1. The highest BCUT2D eigenvalue weighted by molar-refractivity contribution is 7.98. The summed E-state index contributed by atoms with van der Waals surface area (Å²) in [5.74, 6) is -0.430. The van der Waals surface area contributed by atoms with Crippen molar-refractivity contribution in [1.82, 2.24) is 4.90 Å². The average molecular weight is 339 g/mol. The number of carbonyl (C=O) groups is 2. The van der Waals surface area contributed by atoms with Crippen LogP contribution in [0, 0.1) is 0 Å². The van der Waals surface area contributed by atoms with Crippen molar-refractivity contribution in [3.63, 3.8) is 0 Å². The molecule has 0 spiro atoms. The molecule has 1 fully saturated rings. The van der Waals surface area contributed by atoms with Gasteiger partial charge >= 0.3 is 5.97 Å². The molecule has 0 aromatic heterocycles. The maximum absolute atomic E-state index is 12.4. The number of aliphatic carboxylic acids is 1. The van der Waals surface area contributed by atoms with Gasteiger partial charge in [0.05, 0.1) is 7.11 Å². The van der Waals surface area contributed by atoms with Gasteiger partial charge in [-0.1, -0.05) is 6.07 Å². The van der Waals surface area contributed by atoms with Gasteiger partial charge in [-0.05, 0) is 36.8 Å². The number of nitrogens with zero attached hydrogens (tertiary/aromatic N) is 1. The van der Waals surface area contributed by atoms with Gasteiger partial charge in [-0.2, -0.15) is 0 Å². The van der Waals surface area contributed by atoms with E-state index in [0.717, 1.165) is 16.2 Å². The van der Waals surface area contributed by atoms with Crippen LogP contribution in [-0.4, -0.2) is 54.5 Å². The fourth-order valence-corrected chi connectivity index (χ4v) is 3.12. The fourth-order valence-electron chi connectivity index (χ4n) is 2.58. The van der Waals surface area contributed by atoms with Crippen LogP contribution in [0.25, 0.3) is 0 Å². The van der Waals surface area contributed by atoms with E-state index < -0.39 is 18.2 Å². The van der Waals surface area contributed by atoms with Crippen LogP contribution in [0.1, 0.15) is 18.4 Å². The summed E-state index contributed by atoms with van der Waals surface area (Å²) < 4.78 is 10.7. The number of carbonyl (C=O) groups excluding carboxylic acids is 1. The van der Waals surface area contributed by atoms with Gasteiger partial charge in [0, 0.05) is 18.5 Å². The number of hydrogen-bond acceptors (Lipinski definition) is 5. The summed E-state index contributed by atoms with van der Waals surface area (Å²) in [5, 5.41) is 8.93. The molecule has 1 aliphatic rings. The zero-order valence-corrected chi connectivity index (χ0v) is 14.3. The van der Waals surface area contributed by atoms with Crippen LogP contribution in [0.15, 0.2) is 23.1 Å². The quantitative estimate of drug-likeness (QED) is 0.799. The van der Waals surface area contributed by atoms with Gasteiger partial charge in [-0.3, -0.25) is 4.79 Å². The van der Waals surface area contributed by atoms with Crippen molar-refractivity contribution < 1.29 is 24.2 Å². The van der Waals surface area contributed by atoms with Gasteiger partial charge in [0.1, 0.15) is 11.9 Å². The smallest absolute Gasteiger partial charge is 0.332 e. The molecule has 0 unspecified atom stereocenters. The van der Waals surface area contributed by atoms with Gasteiger partial charge in [0.2, 0.25) is 0 Å². The Balaban J connectivity index is 2.00. The lowest BCUT2D eigenvalue weighted by Gasteiger charge is -2.21. The first kappa shape index (κ1) is 17.6. The highest BCUT2D eigenvalue weighted by atomic mass is 32.2. The van der Waals surface area contributed by atoms with E-state index in [1.54, 1.807) is 30.8 Å². The highest BCUT2D eigenvalue weighted by Crippen LogP contribution is 2.29. The molecule has 0 aliphatic carbocycles. The first-order valence-corrected chi connectivity index (χ1v) is 8.53. The Morgan fingerprint density at radius 2 is 2.09 bits per heavy atom. The second-order valence-corrected chi connectivity index (χ2v) is 6.26. The number of benzene rings is 1. The first-order chi connectivity index (χ1) is 11.0. The lowest BCUT2D eigenvalue weighted by atomic mass is 10.1. The van der Waals surface area contributed by atoms with Crippen LogP contribution in [0.3, 0.4) is 0 Å². The molecular formula is C16H21NO5S. The Morgan fingerprint density at radius 3 is 2.65 bits per heavy atom. The Morgan fingerprint density at radius 1 is 1.39 bits per heavy atom. The second kappa shape index (κ2) is 7.70. The highest BCUT2D eigenvalue weighted by Gasteiger charge is 2.36. The van der Waals surface area contributed by atoms with Gasteiger partial charge in [-0.15, -0.1) is 11.8 Å². The third kappa shape index (κ3) is 4.17. The van der Waals surface area contributed by atoms with Crippen LogP contribution in [0.4, 0.5) is 0 Å². The van der Waals surface area contributed by atoms with E-state index in [-0.39, 0.29) is 5.91 Å². The molecule has 1 amide bonds. The van der Waals surface area contributed by atoms with E-state index in [1.165, 1.54) is 0 Å². The van der Waals surface area contributed by atoms with E-state index >= 15 is 0 Å². The average Bonchev–Trinajstić information content (AvgIpc) is 3.04. The molecule has 2 rings (SSSR count). The van der Waals surface area contributed by atoms with Crippen LogP contribution in [-0.2, 0) is 20.9 Å². The number of rotatable bonds is 6. The topological polar surface area (TPSA) is 76.1 Å². The molecule has 7 heteroatoms. The standard InChI is InChI=1S/C16H21NO5S/c1-17(15(18)11-5-6-12(22-11)16(19)20)9-10-4-7-14(23-3)13(8-10)21-2/h4,7-8,11-12H,5-6,9H2,1-3H3,(H,19,20)/t11-,12+/m0/s1. The van der Waals surface area contributed by atoms with Gasteiger partial charge in [0.25, 0.3) is 5.91 Å². The third-order valence-electron chi connectivity index (χ3n) is 3.81. The molecule has 0 bridgehead atoms. The van der Waals surface area contributed by atoms with Crippen molar-refractivity contribution in [3.05, 3.63) is 23.8 Å². The minimum atomic E-state index is -1.01. The maximum Gasteiger partial charge on any atom is 0.332 e. The summed E-state index contributed by atoms with van der Waals surface area (Å²) in [6.45, 7) is 0.418. The molecule has 2 atom stereocenters. The Kier molecular flexibility index (Phi) is 5.90. The molecule has 1 heterocycles. The largest absolute Gasteiger partial charge is 0.496 e. The molecule has 126 valence electrons. The van der Waals surface area contributed by atoms with Crippen molar-refractivity contribution in [2.45, 2.75) is 36.5 Å². The zero-order valence-electron chi connectivity index (χ0n) is 13.4. The molecule has 1 aromatic carbocycles. The summed E-state index contributed by atoms with van der Waals surface area (Å²) in [6.07, 6.45) is 1.24. The molecule has 1 saturated heterocycles. The molecule has 0 saturated carbocycles. The zero-order chi connectivity index (χ0) is 17.0. The van der Waals surface area contributed by atoms with Crippen LogP contribution in [0.2, 0.25) is 0 Å². The predicted octanol–water partition coefficient (Wildman–Crippen LogP) is 2.01. The third-order valence-corrected chi connectivity index (χ3v) is 4.59. The van der Waals surface area contributed by atoms with Crippen molar-refractivity contribution in [2.75, 3.05) is 20.4 Å². The number of thioether (sulfide) groups is 1. The minimum absolute atomic E-state index is 0.193. The van der Waals surface area contributed by atoms with Crippen LogP contribution >= 0.6 is 11.8 Å². The number of hydrogen-bond donors (Lipinski definition) is 1. The van der Waals surface area contributed by atoms with Crippen molar-refractivity contribution >= 4 is 23.6 Å². The number of amides is 1. The lowest BCUT2D eigenvalue weighted by Crippen LogP contribution is -2.36. The summed E-state index contributed by atoms with van der Waals surface area (Å²) in [7, 11) is 3.31. The molecule has 0 radical (unpaired) electrons. The van der Waals surface area contributed by atoms with Crippen molar-refractivity contribution in [3.8, 4) is 5.75 Å². The Hall–Kier alpha value is -1.73. The van der Waals surface area contributed by atoms with E-state index in [1.807, 2.05) is 24.5 Å². The second-order valence-electron chi connectivity index (χ2n) is 5.41. The van der Waals surface area contributed by atoms with Crippen LogP contribution in [0.5, 0.6) is 5.75 Å². The number of methoxy groups -OCH3 is 1. The number of likely N-dealkylation sites (N-methyl/N-ethyl adjacent to an activating group) is 1. The number of carboxylic acids is 1. The number of ether oxygens (including phenoxy) is 2. The molecular weight excluding hydrogens is 318 g/mol. The van der Waals surface area contributed by atoms with E-state index in [0.29, 0.717) is 19.4 Å². The van der Waals surface area contributed by atoms with Gasteiger partial charge in [-0.25, -0.2) is 4.79 Å². The molecule has 1 aromatic rings. The van der Waals surface area contributed by atoms with Gasteiger partial charge in [0.15, 0.2) is 6.10 Å². The normalized spacial score (nSPS) is 20.3. The summed E-state index contributed by atoms with van der Waals surface area (Å²) >= 11 is 1.60. The molecule has 6 nitrogen and oxygen atoms in total.